The van der Waals surface area contributed by atoms with Crippen LogP contribution >= 0.6 is 92.8 Å². The van der Waals surface area contributed by atoms with E-state index >= 15 is 0 Å². The second-order valence-electron chi connectivity index (χ2n) is 39.0. The van der Waals surface area contributed by atoms with Crippen molar-refractivity contribution in [3.63, 3.8) is 0 Å². The maximum atomic E-state index is 13.2. The number of hydrogen-bond donors (Lipinski definition) is 1. The number of benzene rings is 8. The number of nitrogens with zero attached hydrogens (tertiary/aromatic N) is 11. The number of hydrogen-bond acceptors (Lipinski definition) is 14. The van der Waals surface area contributed by atoms with Crippen molar-refractivity contribution in [1.82, 2.24) is 58.9 Å². The number of para-hydroxylation sites is 1. The monoisotopic (exact) mass is 2040 g/mol. The van der Waals surface area contributed by atoms with Crippen LogP contribution in [-0.2, 0) is 51.7 Å². The van der Waals surface area contributed by atoms with Gasteiger partial charge < -0.3 is 34.1 Å². The minimum Gasteiger partial charge on any atom is -0.384 e. The third kappa shape index (κ3) is 27.5. The number of aryl methyl sites for hydroxylation is 1. The van der Waals surface area contributed by atoms with Gasteiger partial charge in [0, 0.05) is 160 Å². The van der Waals surface area contributed by atoms with Crippen LogP contribution in [-0.4, -0.2) is 241 Å². The Kier molecular flexibility index (Phi) is 36.3. The molecular formula is C110H128Cl8N12O7S. The molecule has 4 atom stereocenters. The molecule has 732 valence electrons. The maximum absolute atomic E-state index is 13.2. The number of rotatable bonds is 21. The Morgan fingerprint density at radius 1 is 0.384 bits per heavy atom. The Morgan fingerprint density at radius 2 is 0.826 bits per heavy atom. The lowest BCUT2D eigenvalue weighted by molar-refractivity contribution is -0.132. The van der Waals surface area contributed by atoms with Crippen LogP contribution in [0.25, 0.3) is 32.7 Å². The molecule has 0 bridgehead atoms. The number of sulfonamides is 1. The predicted octanol–water partition coefficient (Wildman–Crippen LogP) is 22.7. The van der Waals surface area contributed by atoms with Gasteiger partial charge in [-0.1, -0.05) is 172 Å². The standard InChI is InChI=1S/C29H33Cl2N3O2.C28H32Cl2N4O3S.C27H29Cl2N3O.C26H32Cl2N2O.H2/c1-36-19-24-18-34(12-8-21(24)15-20-4-6-26(30)27(31)16-20)25-9-13-33(14-10-25)29(35)23-5-7-28-22(17-23)3-2-11-32-28;1-38(36,37)32-27-18-34(12-8-21(27)15-19-4-6-24(29)25(30)16-19)23-9-13-33(14-10-23)28(35)22-5-7-26-20(17-22)3-2-11-31-26;28-24-7-6-20(18-25(24)29)17-19-8-13-31(14-9-19)22-10-15-32(16-11-22)27(33)23-5-1-3-21-4-2-12-30-26(21)23;1-19-4-2-3-5-21(19)17-26(31)30-14-10-24(11-15-30)29-12-8-20(9-13-29)16-22-6-7-23(27)18-25(22)28;/h2-7,11,16-17,21,24-25H,8-10,12-15,18-19H2,1H3;2-7,11,16-17,21,23,27,32H,8-10,12-15,18H2,1H3;1-7,12,18-19,22H,8-11,13-17H2;2-7,18,20,24H,8-17H2,1H3;1H/t21-,24+;21-,27-;;;/m11.../s1. The molecule has 0 unspecified atom stereocenters. The molecule has 8 aliphatic heterocycles. The number of ether oxygens (including phenoxy) is 1. The topological polar surface area (TPSA) is 188 Å². The third-order valence-corrected chi connectivity index (χ3v) is 33.6. The molecule has 0 spiro atoms. The van der Waals surface area contributed by atoms with Gasteiger partial charge in [-0.2, -0.15) is 0 Å². The van der Waals surface area contributed by atoms with Crippen molar-refractivity contribution >= 4 is 159 Å². The smallest absolute Gasteiger partial charge is 0.256 e. The second-order valence-corrected chi connectivity index (χ2v) is 44.1. The number of methoxy groups -OCH3 is 1. The van der Waals surface area contributed by atoms with E-state index in [1.54, 1.807) is 31.8 Å². The van der Waals surface area contributed by atoms with Crippen LogP contribution in [0.3, 0.4) is 0 Å². The molecule has 19 rings (SSSR count). The predicted molar refractivity (Wildman–Crippen MR) is 564 cm³/mol. The lowest BCUT2D eigenvalue weighted by atomic mass is 9.80. The number of fused-ring (bicyclic) bond motifs is 3. The first-order valence-corrected chi connectivity index (χ1v) is 54.1. The van der Waals surface area contributed by atoms with E-state index in [0.29, 0.717) is 115 Å². The van der Waals surface area contributed by atoms with Gasteiger partial charge in [-0.25, -0.2) is 13.1 Å². The number of aromatic nitrogens is 3. The van der Waals surface area contributed by atoms with Crippen molar-refractivity contribution in [2.45, 2.75) is 159 Å². The Hall–Kier alpha value is -8.10. The molecule has 11 heterocycles. The van der Waals surface area contributed by atoms with Gasteiger partial charge in [-0.15, -0.1) is 0 Å². The van der Waals surface area contributed by atoms with Crippen LogP contribution < -0.4 is 4.72 Å². The van der Waals surface area contributed by atoms with Crippen LogP contribution in [0.2, 0.25) is 40.2 Å². The van der Waals surface area contributed by atoms with Crippen molar-refractivity contribution in [3.8, 4) is 0 Å². The Bertz CT molecular complexity index is 6140. The minimum atomic E-state index is -3.37. The largest absolute Gasteiger partial charge is 0.384 e. The number of amides is 4. The van der Waals surface area contributed by atoms with Gasteiger partial charge in [0.25, 0.3) is 17.7 Å². The summed E-state index contributed by atoms with van der Waals surface area (Å²) in [6, 6.07) is 62.5. The molecule has 8 aromatic carbocycles. The number of carbonyl (C=O) groups excluding carboxylic acids is 4. The zero-order valence-electron chi connectivity index (χ0n) is 79.1. The fraction of sp³-hybridized carbons (Fsp3) is 0.445. The van der Waals surface area contributed by atoms with E-state index < -0.39 is 10.0 Å². The van der Waals surface area contributed by atoms with Crippen molar-refractivity contribution in [3.05, 3.63) is 297 Å². The zero-order chi connectivity index (χ0) is 96.5. The van der Waals surface area contributed by atoms with Gasteiger partial charge >= 0.3 is 0 Å². The molecule has 0 radical (unpaired) electrons. The first-order valence-electron chi connectivity index (χ1n) is 49.2. The minimum absolute atomic E-state index is 0. The molecule has 138 heavy (non-hydrogen) atoms. The summed E-state index contributed by atoms with van der Waals surface area (Å²) >= 11 is 49.3. The second kappa shape index (κ2) is 48.8. The molecule has 4 amide bonds. The van der Waals surface area contributed by atoms with Crippen LogP contribution in [0.15, 0.2) is 207 Å². The summed E-state index contributed by atoms with van der Waals surface area (Å²) in [4.78, 5) is 83.9. The van der Waals surface area contributed by atoms with E-state index in [1.165, 1.54) is 54.2 Å². The number of piperidine rings is 8. The van der Waals surface area contributed by atoms with Gasteiger partial charge in [0.15, 0.2) is 0 Å². The summed E-state index contributed by atoms with van der Waals surface area (Å²) in [5.41, 5.74) is 11.9. The van der Waals surface area contributed by atoms with Gasteiger partial charge in [-0.05, 0) is 334 Å². The number of nitrogens with one attached hydrogen (secondary N) is 1. The highest BCUT2D eigenvalue weighted by Crippen LogP contribution is 2.38. The van der Waals surface area contributed by atoms with Gasteiger partial charge in [0.2, 0.25) is 15.9 Å². The molecule has 8 saturated heterocycles. The zero-order valence-corrected chi connectivity index (χ0v) is 85.9. The highest BCUT2D eigenvalue weighted by Gasteiger charge is 2.40. The molecule has 28 heteroatoms. The first-order chi connectivity index (χ1) is 66.7. The summed E-state index contributed by atoms with van der Waals surface area (Å²) in [5.74, 6) is 3.12. The Balaban J connectivity index is 0.000000140. The average Bonchev–Trinajstić information content (AvgIpc) is 1.10. The molecule has 19 nitrogen and oxygen atoms in total. The average molecular weight is 2050 g/mol. The molecule has 8 fully saturated rings. The summed E-state index contributed by atoms with van der Waals surface area (Å²) in [5, 5.41) is 7.99. The van der Waals surface area contributed by atoms with Crippen LogP contribution in [0.5, 0.6) is 0 Å². The van der Waals surface area contributed by atoms with E-state index in [9.17, 15) is 27.6 Å². The molecule has 8 aliphatic rings. The van der Waals surface area contributed by atoms with E-state index in [1.807, 2.05) is 166 Å². The maximum Gasteiger partial charge on any atom is 0.256 e. The summed E-state index contributed by atoms with van der Waals surface area (Å²) < 4.78 is 32.9. The number of likely N-dealkylation sites (tertiary alicyclic amines) is 8. The number of pyridine rings is 3. The van der Waals surface area contributed by atoms with Crippen molar-refractivity contribution in [2.75, 3.05) is 125 Å². The molecule has 0 saturated carbocycles. The first kappa shape index (κ1) is 103. The number of halogens is 8. The highest BCUT2D eigenvalue weighted by molar-refractivity contribution is 7.88. The fourth-order valence-electron chi connectivity index (χ4n) is 22.2. The summed E-state index contributed by atoms with van der Waals surface area (Å²) in [7, 11) is -1.57. The van der Waals surface area contributed by atoms with Crippen LogP contribution in [0.1, 0.15) is 156 Å². The molecule has 1 N–H and O–H groups in total. The molecule has 11 aromatic rings. The Labute approximate surface area is 855 Å². The lowest BCUT2D eigenvalue weighted by Gasteiger charge is -2.45. The third-order valence-electron chi connectivity index (χ3n) is 30.1. The van der Waals surface area contributed by atoms with E-state index in [2.05, 4.69) is 81.4 Å². The normalized spacial score (nSPS) is 20.3. The lowest BCUT2D eigenvalue weighted by Crippen LogP contribution is -2.57. The summed E-state index contributed by atoms with van der Waals surface area (Å²) in [6.45, 7) is 17.4. The SMILES string of the molecule is COC[C@@H]1CN(C2CCN(C(=O)c3ccc4ncccc4c3)CC2)CC[C@@H]1Cc1ccc(Cl)c(Cl)c1.CS(=O)(=O)N[C@@H]1CN(C2CCN(C(=O)c3ccc4ncccc4c3)CC2)CC[C@@H]1Cc1ccc(Cl)c(Cl)c1.Cc1ccccc1CC(=O)N1CCC(N2CCC(Cc3ccc(Cl)cc3Cl)CC2)CC1.O=C(c1cccc2cccnc12)N1CCC(N2CCC(Cc3ccc(Cl)c(Cl)c3)CC2)CC1.[HH]. The highest BCUT2D eigenvalue weighted by atomic mass is 35.5. The molecule has 0 aliphatic carbocycles. The number of carbonyl (C=O) groups is 4. The van der Waals surface area contributed by atoms with Crippen LogP contribution in [0.4, 0.5) is 0 Å². The summed E-state index contributed by atoms with van der Waals surface area (Å²) in [6.07, 6.45) is 25.7. The van der Waals surface area contributed by atoms with Gasteiger partial charge in [-0.3, -0.25) is 43.9 Å². The van der Waals surface area contributed by atoms with Gasteiger partial charge in [0.05, 0.1) is 71.5 Å². The van der Waals surface area contributed by atoms with Gasteiger partial charge in [0.1, 0.15) is 0 Å². The van der Waals surface area contributed by atoms with Crippen molar-refractivity contribution in [1.29, 1.82) is 0 Å². The van der Waals surface area contributed by atoms with E-state index in [0.717, 1.165) is 242 Å². The fourth-order valence-corrected chi connectivity index (χ4v) is 24.5. The van der Waals surface area contributed by atoms with Crippen molar-refractivity contribution < 1.29 is 33.8 Å². The molecular weight excluding hydrogens is 1920 g/mol. The molecule has 3 aromatic heterocycles. The van der Waals surface area contributed by atoms with E-state index in [4.69, 9.17) is 97.5 Å². The quantitative estimate of drug-likeness (QED) is 0.0715. The van der Waals surface area contributed by atoms with E-state index in [-0.39, 0.29) is 37.0 Å². The van der Waals surface area contributed by atoms with Crippen molar-refractivity contribution in [2.24, 2.45) is 29.6 Å². The Morgan fingerprint density at radius 3 is 1.33 bits per heavy atom. The van der Waals surface area contributed by atoms with Crippen LogP contribution in [0, 0.1) is 36.5 Å².